The zero-order chi connectivity index (χ0) is 10.7. The van der Waals surface area contributed by atoms with Crippen LogP contribution in [0.4, 0.5) is 5.69 Å². The highest BCUT2D eigenvalue weighted by Gasteiger charge is 2.14. The van der Waals surface area contributed by atoms with Gasteiger partial charge in [-0.05, 0) is 38.8 Å². The summed E-state index contributed by atoms with van der Waals surface area (Å²) in [6.07, 6.45) is 2.34. The van der Waals surface area contributed by atoms with Crippen LogP contribution in [0.1, 0.15) is 24.2 Å². The van der Waals surface area contributed by atoms with E-state index in [0.29, 0.717) is 6.04 Å². The van der Waals surface area contributed by atoms with E-state index in [0.717, 1.165) is 36.7 Å². The van der Waals surface area contributed by atoms with Crippen molar-refractivity contribution in [3.8, 4) is 0 Å². The smallest absolute Gasteiger partial charge is 0.0667 e. The van der Waals surface area contributed by atoms with Gasteiger partial charge in [0.15, 0.2) is 0 Å². The quantitative estimate of drug-likeness (QED) is 0.806. The third-order valence-corrected chi connectivity index (χ3v) is 2.74. The maximum Gasteiger partial charge on any atom is 0.0667 e. The number of aromatic nitrogens is 1. The molecule has 0 saturated carbocycles. The van der Waals surface area contributed by atoms with E-state index in [1.165, 1.54) is 6.42 Å². The molecule has 0 aromatic carbocycles. The molecule has 1 aromatic heterocycles. The van der Waals surface area contributed by atoms with Crippen molar-refractivity contribution in [2.75, 3.05) is 18.5 Å². The second-order valence-corrected chi connectivity index (χ2v) is 4.14. The minimum Gasteiger partial charge on any atom is -0.379 e. The molecule has 3 nitrogen and oxygen atoms in total. The fourth-order valence-corrected chi connectivity index (χ4v) is 1.91. The maximum absolute atomic E-state index is 5.43. The third kappa shape index (κ3) is 2.69. The Labute approximate surface area is 90.9 Å². The average molecular weight is 206 g/mol. The van der Waals surface area contributed by atoms with Crippen LogP contribution in [-0.2, 0) is 4.74 Å². The molecule has 0 aliphatic carbocycles. The minimum atomic E-state index is 0.446. The Morgan fingerprint density at radius 3 is 2.93 bits per heavy atom. The predicted octanol–water partition coefficient (Wildman–Crippen LogP) is 2.29. The highest BCUT2D eigenvalue weighted by molar-refractivity contribution is 5.48. The van der Waals surface area contributed by atoms with Crippen LogP contribution in [0.25, 0.3) is 0 Å². The fourth-order valence-electron chi connectivity index (χ4n) is 1.91. The van der Waals surface area contributed by atoms with Crippen molar-refractivity contribution in [3.63, 3.8) is 0 Å². The highest BCUT2D eigenvalue weighted by atomic mass is 16.5. The van der Waals surface area contributed by atoms with Gasteiger partial charge in [0.25, 0.3) is 0 Å². The number of rotatable bonds is 2. The monoisotopic (exact) mass is 206 g/mol. The van der Waals surface area contributed by atoms with Gasteiger partial charge in [0, 0.05) is 18.3 Å². The van der Waals surface area contributed by atoms with Gasteiger partial charge in [0.05, 0.1) is 18.0 Å². The lowest BCUT2D eigenvalue weighted by atomic mass is 10.1. The van der Waals surface area contributed by atoms with Gasteiger partial charge in [-0.2, -0.15) is 0 Å². The molecule has 0 bridgehead atoms. The summed E-state index contributed by atoms with van der Waals surface area (Å²) in [7, 11) is 0. The SMILES string of the molecule is Cc1ccc(NC2CCCOC2)c(C)n1. The van der Waals surface area contributed by atoms with Crippen molar-refractivity contribution in [2.45, 2.75) is 32.7 Å². The minimum absolute atomic E-state index is 0.446. The molecule has 0 spiro atoms. The lowest BCUT2D eigenvalue weighted by Gasteiger charge is -2.24. The molecule has 15 heavy (non-hydrogen) atoms. The topological polar surface area (TPSA) is 34.1 Å². The third-order valence-electron chi connectivity index (χ3n) is 2.74. The lowest BCUT2D eigenvalue weighted by Crippen LogP contribution is -2.30. The van der Waals surface area contributed by atoms with Crippen LogP contribution < -0.4 is 5.32 Å². The largest absolute Gasteiger partial charge is 0.379 e. The Morgan fingerprint density at radius 1 is 1.40 bits per heavy atom. The number of anilines is 1. The number of aryl methyl sites for hydroxylation is 2. The Hall–Kier alpha value is -1.09. The molecule has 3 heteroatoms. The summed E-state index contributed by atoms with van der Waals surface area (Å²) in [6.45, 7) is 5.77. The standard InChI is InChI=1S/C12H18N2O/c1-9-5-6-12(10(2)13-9)14-11-4-3-7-15-8-11/h5-6,11,14H,3-4,7-8H2,1-2H3. The second kappa shape index (κ2) is 4.62. The number of hydrogen-bond acceptors (Lipinski definition) is 3. The lowest BCUT2D eigenvalue weighted by molar-refractivity contribution is 0.0876. The first-order valence-electron chi connectivity index (χ1n) is 5.54. The van der Waals surface area contributed by atoms with Gasteiger partial charge in [0.1, 0.15) is 0 Å². The van der Waals surface area contributed by atoms with E-state index >= 15 is 0 Å². The molecule has 1 fully saturated rings. The molecular formula is C12H18N2O. The molecular weight excluding hydrogens is 188 g/mol. The Morgan fingerprint density at radius 2 is 2.27 bits per heavy atom. The van der Waals surface area contributed by atoms with Gasteiger partial charge in [-0.3, -0.25) is 4.98 Å². The highest BCUT2D eigenvalue weighted by Crippen LogP contribution is 2.17. The molecule has 2 heterocycles. The van der Waals surface area contributed by atoms with Gasteiger partial charge in [-0.1, -0.05) is 0 Å². The summed E-state index contributed by atoms with van der Waals surface area (Å²) in [5.74, 6) is 0. The zero-order valence-corrected chi connectivity index (χ0v) is 9.42. The molecule has 1 atom stereocenters. The molecule has 1 saturated heterocycles. The van der Waals surface area contributed by atoms with E-state index in [-0.39, 0.29) is 0 Å². The number of hydrogen-bond donors (Lipinski definition) is 1. The van der Waals surface area contributed by atoms with Crippen molar-refractivity contribution in [2.24, 2.45) is 0 Å². The van der Waals surface area contributed by atoms with Crippen molar-refractivity contribution >= 4 is 5.69 Å². The number of pyridine rings is 1. The van der Waals surface area contributed by atoms with Gasteiger partial charge in [-0.25, -0.2) is 0 Å². The first kappa shape index (κ1) is 10.4. The molecule has 2 rings (SSSR count). The van der Waals surface area contributed by atoms with Crippen LogP contribution in [0.3, 0.4) is 0 Å². The van der Waals surface area contributed by atoms with Crippen LogP contribution in [0, 0.1) is 13.8 Å². The normalized spacial score (nSPS) is 21.3. The summed E-state index contributed by atoms with van der Waals surface area (Å²) in [4.78, 5) is 4.44. The molecule has 0 amide bonds. The molecule has 1 unspecified atom stereocenters. The number of ether oxygens (including phenoxy) is 1. The predicted molar refractivity (Wildman–Crippen MR) is 61.2 cm³/mol. The summed E-state index contributed by atoms with van der Waals surface area (Å²) in [5.41, 5.74) is 3.27. The summed E-state index contributed by atoms with van der Waals surface area (Å²) >= 11 is 0. The Balaban J connectivity index is 2.03. The van der Waals surface area contributed by atoms with E-state index in [1.54, 1.807) is 0 Å². The Kier molecular flexibility index (Phi) is 3.21. The summed E-state index contributed by atoms with van der Waals surface area (Å²) < 4.78 is 5.43. The molecule has 1 aliphatic heterocycles. The van der Waals surface area contributed by atoms with Gasteiger partial charge >= 0.3 is 0 Å². The first-order chi connectivity index (χ1) is 7.25. The van der Waals surface area contributed by atoms with Crippen molar-refractivity contribution < 1.29 is 4.74 Å². The van der Waals surface area contributed by atoms with Crippen LogP contribution in [0.5, 0.6) is 0 Å². The zero-order valence-electron chi connectivity index (χ0n) is 9.42. The van der Waals surface area contributed by atoms with Gasteiger partial charge in [0.2, 0.25) is 0 Å². The molecule has 82 valence electrons. The summed E-state index contributed by atoms with van der Waals surface area (Å²) in [6, 6.07) is 4.59. The van der Waals surface area contributed by atoms with E-state index in [9.17, 15) is 0 Å². The fraction of sp³-hybridized carbons (Fsp3) is 0.583. The van der Waals surface area contributed by atoms with Crippen LogP contribution in [0.2, 0.25) is 0 Å². The number of nitrogens with zero attached hydrogens (tertiary/aromatic N) is 1. The molecule has 1 N–H and O–H groups in total. The van der Waals surface area contributed by atoms with Crippen molar-refractivity contribution in [3.05, 3.63) is 23.5 Å². The van der Waals surface area contributed by atoms with Gasteiger partial charge in [-0.15, -0.1) is 0 Å². The van der Waals surface area contributed by atoms with E-state index in [1.807, 2.05) is 19.9 Å². The van der Waals surface area contributed by atoms with Crippen LogP contribution >= 0.6 is 0 Å². The Bertz CT molecular complexity index is 332. The first-order valence-corrected chi connectivity index (χ1v) is 5.54. The molecule has 1 aliphatic rings. The summed E-state index contributed by atoms with van der Waals surface area (Å²) in [5, 5.41) is 3.49. The number of nitrogens with one attached hydrogen (secondary N) is 1. The van der Waals surface area contributed by atoms with Crippen molar-refractivity contribution in [1.82, 2.24) is 4.98 Å². The second-order valence-electron chi connectivity index (χ2n) is 4.14. The van der Waals surface area contributed by atoms with E-state index in [2.05, 4.69) is 16.4 Å². The van der Waals surface area contributed by atoms with Crippen molar-refractivity contribution in [1.29, 1.82) is 0 Å². The van der Waals surface area contributed by atoms with Crippen LogP contribution in [0.15, 0.2) is 12.1 Å². The van der Waals surface area contributed by atoms with E-state index in [4.69, 9.17) is 4.74 Å². The maximum atomic E-state index is 5.43. The van der Waals surface area contributed by atoms with Gasteiger partial charge < -0.3 is 10.1 Å². The van der Waals surface area contributed by atoms with Crippen LogP contribution in [-0.4, -0.2) is 24.2 Å². The molecule has 1 aromatic rings. The average Bonchev–Trinajstić information content (AvgIpc) is 2.24. The molecule has 0 radical (unpaired) electrons. The van der Waals surface area contributed by atoms with E-state index < -0.39 is 0 Å².